The quantitative estimate of drug-likeness (QED) is 0.691. The minimum Gasteiger partial charge on any atom is -0.381 e. The van der Waals surface area contributed by atoms with Crippen LogP contribution in [-0.2, 0) is 19.7 Å². The van der Waals surface area contributed by atoms with Crippen molar-refractivity contribution in [3.8, 4) is 0 Å². The third-order valence-electron chi connectivity index (χ3n) is 5.45. The number of rotatable bonds is 6. The zero-order chi connectivity index (χ0) is 21.0. The number of hydrogen-bond donors (Lipinski definition) is 1. The van der Waals surface area contributed by atoms with Gasteiger partial charge in [0.15, 0.2) is 0 Å². The summed E-state index contributed by atoms with van der Waals surface area (Å²) in [7, 11) is 0. The Morgan fingerprint density at radius 2 is 1.90 bits per heavy atom. The lowest BCUT2D eigenvalue weighted by Gasteiger charge is -2.38. The summed E-state index contributed by atoms with van der Waals surface area (Å²) in [5, 5.41) is 4.44. The number of thioether (sulfide) groups is 1. The molecule has 1 aromatic heterocycles. The van der Waals surface area contributed by atoms with Crippen LogP contribution in [0, 0.1) is 0 Å². The number of nitrogens with zero attached hydrogens (tertiary/aromatic N) is 1. The van der Waals surface area contributed by atoms with Crippen molar-refractivity contribution in [1.29, 1.82) is 0 Å². The lowest BCUT2D eigenvalue weighted by atomic mass is 9.74. The van der Waals surface area contributed by atoms with Gasteiger partial charge in [-0.15, -0.1) is 11.3 Å². The molecule has 2 saturated heterocycles. The molecule has 2 aliphatic rings. The SMILES string of the molecule is O=C(CN1C(=O)S/C(=C\c2cccs2)C1=O)NCC1(c2ccccc2)CCOCC1. The molecule has 0 aliphatic carbocycles. The van der Waals surface area contributed by atoms with Crippen LogP contribution >= 0.6 is 23.1 Å². The van der Waals surface area contributed by atoms with Crippen molar-refractivity contribution in [2.75, 3.05) is 26.3 Å². The van der Waals surface area contributed by atoms with E-state index in [1.807, 2.05) is 35.7 Å². The Hall–Kier alpha value is -2.42. The van der Waals surface area contributed by atoms with E-state index in [0.29, 0.717) is 24.7 Å². The van der Waals surface area contributed by atoms with Crippen LogP contribution in [0.5, 0.6) is 0 Å². The molecule has 156 valence electrons. The van der Waals surface area contributed by atoms with E-state index in [9.17, 15) is 14.4 Å². The lowest BCUT2D eigenvalue weighted by Crippen LogP contribution is -2.47. The average Bonchev–Trinajstić information content (AvgIpc) is 3.38. The zero-order valence-electron chi connectivity index (χ0n) is 16.3. The van der Waals surface area contributed by atoms with Gasteiger partial charge >= 0.3 is 0 Å². The first-order valence-electron chi connectivity index (χ1n) is 9.76. The average molecular weight is 443 g/mol. The van der Waals surface area contributed by atoms with Crippen molar-refractivity contribution in [3.05, 3.63) is 63.2 Å². The molecule has 0 spiro atoms. The Morgan fingerprint density at radius 3 is 2.60 bits per heavy atom. The van der Waals surface area contributed by atoms with E-state index in [1.165, 1.54) is 16.9 Å². The van der Waals surface area contributed by atoms with Crippen molar-refractivity contribution in [1.82, 2.24) is 10.2 Å². The molecule has 0 atom stereocenters. The van der Waals surface area contributed by atoms with E-state index in [2.05, 4.69) is 17.4 Å². The second kappa shape index (κ2) is 9.16. The summed E-state index contributed by atoms with van der Waals surface area (Å²) in [5.41, 5.74) is 0.964. The fourth-order valence-corrected chi connectivity index (χ4v) is 5.29. The fourth-order valence-electron chi connectivity index (χ4n) is 3.73. The molecular formula is C22H22N2O4S2. The third-order valence-corrected chi connectivity index (χ3v) is 7.18. The predicted octanol–water partition coefficient (Wildman–Crippen LogP) is 3.65. The number of amides is 3. The monoisotopic (exact) mass is 442 g/mol. The Kier molecular flexibility index (Phi) is 6.36. The van der Waals surface area contributed by atoms with Gasteiger partial charge in [0.25, 0.3) is 11.1 Å². The number of imide groups is 1. The maximum Gasteiger partial charge on any atom is 0.294 e. The summed E-state index contributed by atoms with van der Waals surface area (Å²) in [6.45, 7) is 1.46. The molecule has 6 nitrogen and oxygen atoms in total. The van der Waals surface area contributed by atoms with Crippen LogP contribution in [0.1, 0.15) is 23.3 Å². The molecule has 8 heteroatoms. The highest BCUT2D eigenvalue weighted by atomic mass is 32.2. The highest BCUT2D eigenvalue weighted by Gasteiger charge is 2.38. The number of thiophene rings is 1. The van der Waals surface area contributed by atoms with E-state index in [-0.39, 0.29) is 17.9 Å². The number of carbonyl (C=O) groups excluding carboxylic acids is 3. The van der Waals surface area contributed by atoms with Crippen molar-refractivity contribution in [2.45, 2.75) is 18.3 Å². The van der Waals surface area contributed by atoms with Crippen LogP contribution in [0.3, 0.4) is 0 Å². The molecule has 0 unspecified atom stereocenters. The summed E-state index contributed by atoms with van der Waals surface area (Å²) in [5.74, 6) is -0.756. The van der Waals surface area contributed by atoms with Crippen LogP contribution in [-0.4, -0.2) is 48.3 Å². The summed E-state index contributed by atoms with van der Waals surface area (Å²) in [4.78, 5) is 39.7. The zero-order valence-corrected chi connectivity index (χ0v) is 18.0. The first-order valence-corrected chi connectivity index (χ1v) is 11.5. The van der Waals surface area contributed by atoms with Gasteiger partial charge in [-0.2, -0.15) is 0 Å². The largest absolute Gasteiger partial charge is 0.381 e. The number of hydrogen-bond acceptors (Lipinski definition) is 6. The van der Waals surface area contributed by atoms with Crippen LogP contribution in [0.4, 0.5) is 4.79 Å². The second-order valence-corrected chi connectivity index (χ2v) is 9.29. The molecule has 0 bridgehead atoms. The smallest absolute Gasteiger partial charge is 0.294 e. The number of nitrogens with one attached hydrogen (secondary N) is 1. The Bertz CT molecular complexity index is 951. The van der Waals surface area contributed by atoms with Gasteiger partial charge in [0.2, 0.25) is 5.91 Å². The standard InChI is InChI=1S/C22H22N2O4S2/c25-19(14-24-20(26)18(30-21(24)27)13-17-7-4-12-29-17)23-15-22(8-10-28-11-9-22)16-5-2-1-3-6-16/h1-7,12-13H,8-11,14-15H2,(H,23,25)/b18-13-. The summed E-state index contributed by atoms with van der Waals surface area (Å²) in [6.07, 6.45) is 3.31. The Labute approximate surface area is 183 Å². The van der Waals surface area contributed by atoms with E-state index in [1.54, 1.807) is 6.08 Å². The lowest BCUT2D eigenvalue weighted by molar-refractivity contribution is -0.129. The van der Waals surface area contributed by atoms with E-state index >= 15 is 0 Å². The molecule has 0 saturated carbocycles. The first kappa shape index (κ1) is 20.8. The maximum absolute atomic E-state index is 12.6. The van der Waals surface area contributed by atoms with Gasteiger partial charge in [0.1, 0.15) is 6.54 Å². The van der Waals surface area contributed by atoms with E-state index in [4.69, 9.17) is 4.74 Å². The number of carbonyl (C=O) groups is 3. The number of ether oxygens (including phenoxy) is 1. The van der Waals surface area contributed by atoms with Crippen LogP contribution < -0.4 is 5.32 Å². The predicted molar refractivity (Wildman–Crippen MR) is 118 cm³/mol. The van der Waals surface area contributed by atoms with Crippen molar-refractivity contribution < 1.29 is 19.1 Å². The maximum atomic E-state index is 12.6. The molecule has 0 radical (unpaired) electrons. The summed E-state index contributed by atoms with van der Waals surface area (Å²) in [6, 6.07) is 13.9. The van der Waals surface area contributed by atoms with Gasteiger partial charge in [-0.25, -0.2) is 0 Å². The number of benzene rings is 1. The third kappa shape index (κ3) is 4.50. The van der Waals surface area contributed by atoms with Crippen LogP contribution in [0.25, 0.3) is 6.08 Å². The highest BCUT2D eigenvalue weighted by Crippen LogP contribution is 2.35. The summed E-state index contributed by atoms with van der Waals surface area (Å²) >= 11 is 2.36. The van der Waals surface area contributed by atoms with E-state index < -0.39 is 11.1 Å². The van der Waals surface area contributed by atoms with Gasteiger partial charge in [-0.05, 0) is 47.7 Å². The first-order chi connectivity index (χ1) is 14.6. The van der Waals surface area contributed by atoms with Crippen molar-refractivity contribution >= 4 is 46.2 Å². The Balaban J connectivity index is 1.40. The molecule has 3 amide bonds. The summed E-state index contributed by atoms with van der Waals surface area (Å²) < 4.78 is 5.53. The van der Waals surface area contributed by atoms with Gasteiger partial charge in [-0.3, -0.25) is 19.3 Å². The second-order valence-electron chi connectivity index (χ2n) is 7.32. The van der Waals surface area contributed by atoms with Gasteiger partial charge in [-0.1, -0.05) is 36.4 Å². The molecule has 4 rings (SSSR count). The van der Waals surface area contributed by atoms with Crippen LogP contribution in [0.15, 0.2) is 52.7 Å². The van der Waals surface area contributed by atoms with Crippen molar-refractivity contribution in [3.63, 3.8) is 0 Å². The van der Waals surface area contributed by atoms with Crippen LogP contribution in [0.2, 0.25) is 0 Å². The fraction of sp³-hybridized carbons (Fsp3) is 0.318. The van der Waals surface area contributed by atoms with Crippen molar-refractivity contribution in [2.24, 2.45) is 0 Å². The normalized spacial score (nSPS) is 20.0. The molecule has 1 aromatic carbocycles. The molecular weight excluding hydrogens is 420 g/mol. The molecule has 2 fully saturated rings. The minimum atomic E-state index is -0.419. The molecule has 3 heterocycles. The van der Waals surface area contributed by atoms with E-state index in [0.717, 1.165) is 34.4 Å². The molecule has 2 aromatic rings. The molecule has 30 heavy (non-hydrogen) atoms. The highest BCUT2D eigenvalue weighted by molar-refractivity contribution is 8.18. The Morgan fingerprint density at radius 1 is 1.13 bits per heavy atom. The minimum absolute atomic E-state index is 0.201. The molecule has 2 aliphatic heterocycles. The topological polar surface area (TPSA) is 75.7 Å². The van der Waals surface area contributed by atoms with Gasteiger partial charge in [0, 0.05) is 30.1 Å². The van der Waals surface area contributed by atoms with Gasteiger partial charge < -0.3 is 10.1 Å². The molecule has 1 N–H and O–H groups in total. The van der Waals surface area contributed by atoms with Gasteiger partial charge in [0.05, 0.1) is 4.91 Å².